The minimum Gasteiger partial charge on any atom is -0.311 e. The van der Waals surface area contributed by atoms with E-state index in [1.54, 1.807) is 0 Å². The molecule has 3 unspecified atom stereocenters. The summed E-state index contributed by atoms with van der Waals surface area (Å²) >= 11 is 0. The van der Waals surface area contributed by atoms with Crippen LogP contribution < -0.4 is 5.32 Å². The first-order chi connectivity index (χ1) is 7.83. The fourth-order valence-corrected chi connectivity index (χ4v) is 2.43. The Kier molecular flexibility index (Phi) is 4.00. The van der Waals surface area contributed by atoms with Gasteiger partial charge in [0.05, 0.1) is 0 Å². The first-order valence-corrected chi connectivity index (χ1v) is 6.63. The molecule has 1 fully saturated rings. The number of nitrogens with one attached hydrogen (secondary N) is 1. The zero-order valence-corrected chi connectivity index (χ0v) is 10.4. The van der Waals surface area contributed by atoms with Gasteiger partial charge in [0.2, 0.25) is 0 Å². The zero-order chi connectivity index (χ0) is 11.4. The number of rotatable bonds is 6. The molecule has 0 bridgehead atoms. The summed E-state index contributed by atoms with van der Waals surface area (Å²) in [5, 5.41) is 3.79. The quantitative estimate of drug-likeness (QED) is 0.770. The van der Waals surface area contributed by atoms with E-state index in [4.69, 9.17) is 0 Å². The van der Waals surface area contributed by atoms with Gasteiger partial charge in [0.25, 0.3) is 0 Å². The standard InChI is InChI=1S/C15H23N/c1-3-13-11-15(13)16-14(4-2)10-12-8-6-5-7-9-12/h5-9,13-16H,3-4,10-11H2,1-2H3. The normalized spacial score (nSPS) is 25.4. The van der Waals surface area contributed by atoms with Crippen molar-refractivity contribution in [3.63, 3.8) is 0 Å². The first-order valence-electron chi connectivity index (χ1n) is 6.63. The second-order valence-electron chi connectivity index (χ2n) is 4.97. The summed E-state index contributed by atoms with van der Waals surface area (Å²) < 4.78 is 0. The van der Waals surface area contributed by atoms with Gasteiger partial charge in [-0.15, -0.1) is 0 Å². The van der Waals surface area contributed by atoms with Crippen LogP contribution in [-0.4, -0.2) is 12.1 Å². The van der Waals surface area contributed by atoms with E-state index in [-0.39, 0.29) is 0 Å². The van der Waals surface area contributed by atoms with E-state index in [9.17, 15) is 0 Å². The van der Waals surface area contributed by atoms with Gasteiger partial charge in [-0.25, -0.2) is 0 Å². The minimum atomic E-state index is 0.656. The van der Waals surface area contributed by atoms with Crippen LogP contribution in [0.2, 0.25) is 0 Å². The summed E-state index contributed by atoms with van der Waals surface area (Å²) in [7, 11) is 0. The number of hydrogen-bond acceptors (Lipinski definition) is 1. The summed E-state index contributed by atoms with van der Waals surface area (Å²) in [4.78, 5) is 0. The van der Waals surface area contributed by atoms with Gasteiger partial charge >= 0.3 is 0 Å². The molecule has 1 aromatic carbocycles. The van der Waals surface area contributed by atoms with E-state index >= 15 is 0 Å². The maximum absolute atomic E-state index is 3.79. The Balaban J connectivity index is 1.82. The van der Waals surface area contributed by atoms with Crippen LogP contribution in [0.1, 0.15) is 38.7 Å². The minimum absolute atomic E-state index is 0.656. The molecule has 0 heterocycles. The third-order valence-corrected chi connectivity index (χ3v) is 3.71. The average molecular weight is 217 g/mol. The molecule has 1 aromatic rings. The van der Waals surface area contributed by atoms with Crippen LogP contribution in [0.4, 0.5) is 0 Å². The molecule has 0 aromatic heterocycles. The number of benzene rings is 1. The van der Waals surface area contributed by atoms with Crippen molar-refractivity contribution in [2.24, 2.45) is 5.92 Å². The van der Waals surface area contributed by atoms with E-state index in [1.807, 2.05) is 0 Å². The smallest absolute Gasteiger partial charge is 0.0108 e. The highest BCUT2D eigenvalue weighted by molar-refractivity contribution is 5.16. The summed E-state index contributed by atoms with van der Waals surface area (Å²) in [6.07, 6.45) is 5.12. The molecule has 1 N–H and O–H groups in total. The summed E-state index contributed by atoms with van der Waals surface area (Å²) in [6.45, 7) is 4.58. The Labute approximate surface area is 99.3 Å². The molecular weight excluding hydrogens is 194 g/mol. The van der Waals surface area contributed by atoms with Gasteiger partial charge in [0, 0.05) is 12.1 Å². The molecule has 1 aliphatic carbocycles. The van der Waals surface area contributed by atoms with E-state index in [1.165, 1.54) is 31.2 Å². The second-order valence-corrected chi connectivity index (χ2v) is 4.97. The van der Waals surface area contributed by atoms with Crippen molar-refractivity contribution >= 4 is 0 Å². The predicted molar refractivity (Wildman–Crippen MR) is 69.5 cm³/mol. The molecule has 1 aliphatic rings. The zero-order valence-electron chi connectivity index (χ0n) is 10.4. The second kappa shape index (κ2) is 5.49. The van der Waals surface area contributed by atoms with Crippen molar-refractivity contribution < 1.29 is 0 Å². The highest BCUT2D eigenvalue weighted by atomic mass is 15.0. The van der Waals surface area contributed by atoms with Gasteiger partial charge in [0.15, 0.2) is 0 Å². The predicted octanol–water partition coefficient (Wildman–Crippen LogP) is 3.40. The Morgan fingerprint density at radius 3 is 2.56 bits per heavy atom. The molecule has 0 saturated heterocycles. The maximum atomic E-state index is 3.79. The van der Waals surface area contributed by atoms with Crippen molar-refractivity contribution in [3.8, 4) is 0 Å². The van der Waals surface area contributed by atoms with E-state index < -0.39 is 0 Å². The van der Waals surface area contributed by atoms with Gasteiger partial charge in [-0.05, 0) is 30.7 Å². The van der Waals surface area contributed by atoms with Crippen molar-refractivity contribution in [2.45, 2.75) is 51.6 Å². The lowest BCUT2D eigenvalue weighted by Crippen LogP contribution is -2.33. The highest BCUT2D eigenvalue weighted by Gasteiger charge is 2.35. The fraction of sp³-hybridized carbons (Fsp3) is 0.600. The first kappa shape index (κ1) is 11.7. The van der Waals surface area contributed by atoms with E-state index in [2.05, 4.69) is 49.5 Å². The van der Waals surface area contributed by atoms with Crippen LogP contribution in [0.25, 0.3) is 0 Å². The third kappa shape index (κ3) is 3.08. The molecule has 0 radical (unpaired) electrons. The molecule has 1 heteroatoms. The van der Waals surface area contributed by atoms with Crippen LogP contribution in [0, 0.1) is 5.92 Å². The van der Waals surface area contributed by atoms with Gasteiger partial charge in [-0.3, -0.25) is 0 Å². The molecule has 2 rings (SSSR count). The Morgan fingerprint density at radius 2 is 2.00 bits per heavy atom. The topological polar surface area (TPSA) is 12.0 Å². The molecule has 16 heavy (non-hydrogen) atoms. The van der Waals surface area contributed by atoms with Crippen molar-refractivity contribution in [1.29, 1.82) is 0 Å². The summed E-state index contributed by atoms with van der Waals surface area (Å²) in [6, 6.07) is 12.3. The summed E-state index contributed by atoms with van der Waals surface area (Å²) in [5.74, 6) is 0.949. The van der Waals surface area contributed by atoms with Crippen molar-refractivity contribution in [3.05, 3.63) is 35.9 Å². The molecular formula is C15H23N. The Bertz CT molecular complexity index is 306. The SMILES string of the molecule is CCC(Cc1ccccc1)NC1CC1CC. The van der Waals surface area contributed by atoms with Crippen LogP contribution in [0.3, 0.4) is 0 Å². The molecule has 1 saturated carbocycles. The van der Waals surface area contributed by atoms with Gasteiger partial charge < -0.3 is 5.32 Å². The summed E-state index contributed by atoms with van der Waals surface area (Å²) in [5.41, 5.74) is 1.45. The van der Waals surface area contributed by atoms with E-state index in [0.717, 1.165) is 12.0 Å². The van der Waals surface area contributed by atoms with Gasteiger partial charge in [-0.1, -0.05) is 50.6 Å². The monoisotopic (exact) mass is 217 g/mol. The molecule has 88 valence electrons. The van der Waals surface area contributed by atoms with Crippen LogP contribution in [0.5, 0.6) is 0 Å². The lowest BCUT2D eigenvalue weighted by atomic mass is 10.0. The van der Waals surface area contributed by atoms with E-state index in [0.29, 0.717) is 6.04 Å². The van der Waals surface area contributed by atoms with Crippen molar-refractivity contribution in [1.82, 2.24) is 5.32 Å². The average Bonchev–Trinajstić information content (AvgIpc) is 3.08. The van der Waals surface area contributed by atoms with Crippen LogP contribution in [0.15, 0.2) is 30.3 Å². The van der Waals surface area contributed by atoms with Crippen molar-refractivity contribution in [2.75, 3.05) is 0 Å². The lowest BCUT2D eigenvalue weighted by molar-refractivity contribution is 0.474. The molecule has 1 nitrogen and oxygen atoms in total. The Hall–Kier alpha value is -0.820. The molecule has 0 aliphatic heterocycles. The van der Waals surface area contributed by atoms with Gasteiger partial charge in [-0.2, -0.15) is 0 Å². The number of hydrogen-bond donors (Lipinski definition) is 1. The largest absolute Gasteiger partial charge is 0.311 e. The van der Waals surface area contributed by atoms with Crippen LogP contribution in [-0.2, 0) is 6.42 Å². The lowest BCUT2D eigenvalue weighted by Gasteiger charge is -2.17. The van der Waals surface area contributed by atoms with Crippen LogP contribution >= 0.6 is 0 Å². The fourth-order valence-electron chi connectivity index (χ4n) is 2.43. The third-order valence-electron chi connectivity index (χ3n) is 3.71. The van der Waals surface area contributed by atoms with Gasteiger partial charge in [0.1, 0.15) is 0 Å². The molecule has 0 amide bonds. The molecule has 3 atom stereocenters. The maximum Gasteiger partial charge on any atom is 0.0108 e. The Morgan fingerprint density at radius 1 is 1.25 bits per heavy atom. The molecule has 0 spiro atoms. The highest BCUT2D eigenvalue weighted by Crippen LogP contribution is 2.33.